The third-order valence-corrected chi connectivity index (χ3v) is 2.02. The van der Waals surface area contributed by atoms with Gasteiger partial charge in [0.1, 0.15) is 6.29 Å². The molecule has 0 aliphatic heterocycles. The maximum absolute atomic E-state index is 10.8. The van der Waals surface area contributed by atoms with E-state index in [0.29, 0.717) is 12.8 Å². The van der Waals surface area contributed by atoms with Crippen LogP contribution in [0, 0.1) is 0 Å². The second kappa shape index (κ2) is 4.18. The fourth-order valence-corrected chi connectivity index (χ4v) is 1.39. The number of aldehydes is 1. The summed E-state index contributed by atoms with van der Waals surface area (Å²) in [6.07, 6.45) is 6.26. The molecule has 72 valence electrons. The van der Waals surface area contributed by atoms with Gasteiger partial charge in [-0.2, -0.15) is 0 Å². The van der Waals surface area contributed by atoms with Gasteiger partial charge in [0.15, 0.2) is 0 Å². The summed E-state index contributed by atoms with van der Waals surface area (Å²) in [6, 6.07) is 0. The van der Waals surface area contributed by atoms with Gasteiger partial charge in [0.2, 0.25) is 0 Å². The van der Waals surface area contributed by atoms with E-state index < -0.39 is 5.54 Å². The van der Waals surface area contributed by atoms with E-state index in [1.54, 1.807) is 12.5 Å². The van der Waals surface area contributed by atoms with Gasteiger partial charge < -0.3 is 15.5 Å². The maximum atomic E-state index is 10.8. The average molecular weight is 181 g/mol. The second-order valence-electron chi connectivity index (χ2n) is 3.35. The third-order valence-electron chi connectivity index (χ3n) is 2.02. The molecule has 1 aromatic heterocycles. The van der Waals surface area contributed by atoms with Gasteiger partial charge in [-0.15, -0.1) is 0 Å². The molecule has 0 saturated carbocycles. The van der Waals surface area contributed by atoms with E-state index in [0.717, 1.165) is 18.4 Å². The first-order valence-corrected chi connectivity index (χ1v) is 4.42. The molecule has 0 saturated heterocycles. The van der Waals surface area contributed by atoms with Gasteiger partial charge >= 0.3 is 0 Å². The lowest BCUT2D eigenvalue weighted by molar-refractivity contribution is -0.112. The molecule has 1 aromatic rings. The first kappa shape index (κ1) is 9.92. The molecule has 0 aromatic carbocycles. The number of aromatic nitrogens is 2. The van der Waals surface area contributed by atoms with Crippen LogP contribution in [-0.2, 0) is 11.2 Å². The summed E-state index contributed by atoms with van der Waals surface area (Å²) in [5.41, 5.74) is 6.05. The molecule has 0 amide bonds. The Hall–Kier alpha value is -1.16. The van der Waals surface area contributed by atoms with Crippen molar-refractivity contribution in [1.29, 1.82) is 0 Å². The number of aromatic amines is 1. The van der Waals surface area contributed by atoms with E-state index in [1.165, 1.54) is 0 Å². The Kier molecular flexibility index (Phi) is 3.19. The zero-order valence-electron chi connectivity index (χ0n) is 7.79. The molecule has 0 aliphatic carbocycles. The van der Waals surface area contributed by atoms with Gasteiger partial charge in [-0.25, -0.2) is 4.98 Å². The quantitative estimate of drug-likeness (QED) is 0.655. The van der Waals surface area contributed by atoms with Crippen LogP contribution in [0.3, 0.4) is 0 Å². The number of H-pyrrole nitrogens is 1. The van der Waals surface area contributed by atoms with E-state index in [1.807, 2.05) is 6.92 Å². The molecule has 0 unspecified atom stereocenters. The van der Waals surface area contributed by atoms with Crippen molar-refractivity contribution in [1.82, 2.24) is 9.97 Å². The highest BCUT2D eigenvalue weighted by Crippen LogP contribution is 2.12. The number of imidazole rings is 1. The summed E-state index contributed by atoms with van der Waals surface area (Å²) in [6.45, 7) is 2.01. The van der Waals surface area contributed by atoms with Crippen molar-refractivity contribution in [2.75, 3.05) is 0 Å². The second-order valence-corrected chi connectivity index (χ2v) is 3.35. The fourth-order valence-electron chi connectivity index (χ4n) is 1.39. The number of carbonyl (C=O) groups is 1. The molecular weight excluding hydrogens is 166 g/mol. The molecule has 4 heteroatoms. The highest BCUT2D eigenvalue weighted by atomic mass is 16.1. The zero-order chi connectivity index (χ0) is 9.73. The van der Waals surface area contributed by atoms with Crippen molar-refractivity contribution in [3.8, 4) is 0 Å². The van der Waals surface area contributed by atoms with E-state index in [4.69, 9.17) is 5.73 Å². The number of carbonyl (C=O) groups excluding carboxylic acids is 1. The van der Waals surface area contributed by atoms with E-state index in [-0.39, 0.29) is 0 Å². The van der Waals surface area contributed by atoms with Crippen LogP contribution in [0.4, 0.5) is 0 Å². The standard InChI is InChI=1S/C9H15N3O/c1-2-3-9(10,6-13)4-8-5-11-7-12-8/h5-7H,2-4,10H2,1H3,(H,11,12)/t9-/m1/s1. The summed E-state index contributed by atoms with van der Waals surface area (Å²) in [4.78, 5) is 17.6. The highest BCUT2D eigenvalue weighted by molar-refractivity contribution is 5.64. The maximum Gasteiger partial charge on any atom is 0.140 e. The van der Waals surface area contributed by atoms with E-state index >= 15 is 0 Å². The van der Waals surface area contributed by atoms with Crippen molar-refractivity contribution in [3.05, 3.63) is 18.2 Å². The topological polar surface area (TPSA) is 71.8 Å². The number of hydrogen-bond donors (Lipinski definition) is 2. The Morgan fingerprint density at radius 3 is 3.00 bits per heavy atom. The smallest absolute Gasteiger partial charge is 0.140 e. The van der Waals surface area contributed by atoms with E-state index in [9.17, 15) is 4.79 Å². The summed E-state index contributed by atoms with van der Waals surface area (Å²) in [5, 5.41) is 0. The minimum atomic E-state index is -0.735. The van der Waals surface area contributed by atoms with Crippen LogP contribution in [-0.4, -0.2) is 21.8 Å². The first-order valence-electron chi connectivity index (χ1n) is 4.42. The highest BCUT2D eigenvalue weighted by Gasteiger charge is 2.23. The van der Waals surface area contributed by atoms with Crippen LogP contribution in [0.2, 0.25) is 0 Å². The Labute approximate surface area is 77.6 Å². The molecule has 0 spiro atoms. The molecule has 0 radical (unpaired) electrons. The summed E-state index contributed by atoms with van der Waals surface area (Å²) in [5.74, 6) is 0. The lowest BCUT2D eigenvalue weighted by Gasteiger charge is -2.20. The fraction of sp³-hybridized carbons (Fsp3) is 0.556. The molecule has 3 N–H and O–H groups in total. The van der Waals surface area contributed by atoms with Crippen LogP contribution in [0.5, 0.6) is 0 Å². The van der Waals surface area contributed by atoms with Crippen molar-refractivity contribution in [2.24, 2.45) is 5.73 Å². The predicted molar refractivity (Wildman–Crippen MR) is 50.2 cm³/mol. The Balaban J connectivity index is 2.63. The zero-order valence-corrected chi connectivity index (χ0v) is 7.79. The van der Waals surface area contributed by atoms with Crippen molar-refractivity contribution < 1.29 is 4.79 Å². The molecule has 0 bridgehead atoms. The van der Waals surface area contributed by atoms with Crippen molar-refractivity contribution in [2.45, 2.75) is 31.7 Å². The minimum Gasteiger partial charge on any atom is -0.348 e. The number of nitrogens with two attached hydrogens (primary N) is 1. The molecule has 0 fully saturated rings. The first-order chi connectivity index (χ1) is 6.20. The summed E-state index contributed by atoms with van der Waals surface area (Å²) >= 11 is 0. The Morgan fingerprint density at radius 1 is 1.77 bits per heavy atom. The summed E-state index contributed by atoms with van der Waals surface area (Å²) < 4.78 is 0. The average Bonchev–Trinajstić information content (AvgIpc) is 2.57. The van der Waals surface area contributed by atoms with Crippen molar-refractivity contribution in [3.63, 3.8) is 0 Å². The molecular formula is C9H15N3O. The van der Waals surface area contributed by atoms with Crippen LogP contribution >= 0.6 is 0 Å². The van der Waals surface area contributed by atoms with Crippen molar-refractivity contribution >= 4 is 6.29 Å². The lowest BCUT2D eigenvalue weighted by atomic mass is 9.91. The lowest BCUT2D eigenvalue weighted by Crippen LogP contribution is -2.43. The molecule has 13 heavy (non-hydrogen) atoms. The van der Waals surface area contributed by atoms with Gasteiger partial charge in [-0.05, 0) is 6.42 Å². The molecule has 1 atom stereocenters. The Morgan fingerprint density at radius 2 is 2.54 bits per heavy atom. The normalized spacial score (nSPS) is 15.2. The third kappa shape index (κ3) is 2.66. The van der Waals surface area contributed by atoms with E-state index in [2.05, 4.69) is 9.97 Å². The minimum absolute atomic E-state index is 0.532. The monoisotopic (exact) mass is 181 g/mol. The van der Waals surface area contributed by atoms with Gasteiger partial charge in [-0.3, -0.25) is 0 Å². The SMILES string of the molecule is CCC[C@](N)(C=O)Cc1cnc[nH]1. The van der Waals surface area contributed by atoms with Crippen LogP contribution < -0.4 is 5.73 Å². The molecule has 1 rings (SSSR count). The largest absolute Gasteiger partial charge is 0.348 e. The predicted octanol–water partition coefficient (Wildman–Crippen LogP) is 0.649. The van der Waals surface area contributed by atoms with Crippen LogP contribution in [0.1, 0.15) is 25.5 Å². The Bertz CT molecular complexity index is 258. The van der Waals surface area contributed by atoms with Crippen LogP contribution in [0.15, 0.2) is 12.5 Å². The number of hydrogen-bond acceptors (Lipinski definition) is 3. The molecule has 0 aliphatic rings. The van der Waals surface area contributed by atoms with Gasteiger partial charge in [0.05, 0.1) is 11.9 Å². The molecule has 4 nitrogen and oxygen atoms in total. The number of rotatable bonds is 5. The van der Waals surface area contributed by atoms with Crippen LogP contribution in [0.25, 0.3) is 0 Å². The molecule has 1 heterocycles. The van der Waals surface area contributed by atoms with Gasteiger partial charge in [-0.1, -0.05) is 13.3 Å². The number of nitrogens with zero attached hydrogens (tertiary/aromatic N) is 1. The number of nitrogens with one attached hydrogen (secondary N) is 1. The van der Waals surface area contributed by atoms with Gasteiger partial charge in [0, 0.05) is 18.3 Å². The summed E-state index contributed by atoms with van der Waals surface area (Å²) in [7, 11) is 0. The van der Waals surface area contributed by atoms with Gasteiger partial charge in [0.25, 0.3) is 0 Å².